The van der Waals surface area contributed by atoms with E-state index in [1.54, 1.807) is 29.2 Å². The number of carbonyl (C=O) groups excluding carboxylic acids is 1. The van der Waals surface area contributed by atoms with Crippen LogP contribution in [-0.4, -0.2) is 26.6 Å². The fourth-order valence-corrected chi connectivity index (χ4v) is 4.41. The molecule has 26 heavy (non-hydrogen) atoms. The summed E-state index contributed by atoms with van der Waals surface area (Å²) < 4.78 is 27.0. The van der Waals surface area contributed by atoms with Gasteiger partial charge in [-0.2, -0.15) is 0 Å². The second-order valence-electron chi connectivity index (χ2n) is 6.54. The Hall–Kier alpha value is -2.34. The van der Waals surface area contributed by atoms with E-state index in [4.69, 9.17) is 0 Å². The first-order chi connectivity index (χ1) is 12.5. The third-order valence-electron chi connectivity index (χ3n) is 4.51. The van der Waals surface area contributed by atoms with Crippen LogP contribution in [0, 0.1) is 0 Å². The minimum Gasteiger partial charge on any atom is -0.308 e. The van der Waals surface area contributed by atoms with Crippen molar-refractivity contribution in [1.82, 2.24) is 0 Å². The average molecular weight is 372 g/mol. The number of aryl methyl sites for hydroxylation is 1. The maximum absolute atomic E-state index is 12.9. The van der Waals surface area contributed by atoms with Crippen LogP contribution in [-0.2, 0) is 16.4 Å². The van der Waals surface area contributed by atoms with Crippen molar-refractivity contribution in [2.24, 2.45) is 0 Å². The number of hydrogen-bond acceptors (Lipinski definition) is 3. The Morgan fingerprint density at radius 3 is 2.65 bits per heavy atom. The van der Waals surface area contributed by atoms with E-state index >= 15 is 0 Å². The predicted octanol–water partition coefficient (Wildman–Crippen LogP) is 3.82. The monoisotopic (exact) mass is 372 g/mol. The first-order valence-electron chi connectivity index (χ1n) is 9.00. The Kier molecular flexibility index (Phi) is 5.61. The molecular weight excluding hydrogens is 348 g/mol. The Balaban J connectivity index is 1.87. The summed E-state index contributed by atoms with van der Waals surface area (Å²) in [7, 11) is -3.37. The molecule has 138 valence electrons. The third-order valence-corrected chi connectivity index (χ3v) is 5.88. The number of hydrogen-bond donors (Lipinski definition) is 1. The van der Waals surface area contributed by atoms with E-state index in [0.29, 0.717) is 24.2 Å². The Morgan fingerprint density at radius 1 is 1.15 bits per heavy atom. The molecule has 0 fully saturated rings. The van der Waals surface area contributed by atoms with E-state index in [1.165, 1.54) is 0 Å². The van der Waals surface area contributed by atoms with Crippen LogP contribution in [0.1, 0.15) is 42.1 Å². The van der Waals surface area contributed by atoms with Crippen LogP contribution in [0.5, 0.6) is 0 Å². The number of nitrogens with zero attached hydrogens (tertiary/aromatic N) is 1. The highest BCUT2D eigenvalue weighted by molar-refractivity contribution is 7.92. The normalized spacial score (nSPS) is 14.0. The van der Waals surface area contributed by atoms with Crippen LogP contribution >= 0.6 is 0 Å². The van der Waals surface area contributed by atoms with Gasteiger partial charge in [0.2, 0.25) is 10.0 Å². The lowest BCUT2D eigenvalue weighted by molar-refractivity contribution is 0.0985. The van der Waals surface area contributed by atoms with Gasteiger partial charge in [-0.15, -0.1) is 0 Å². The van der Waals surface area contributed by atoms with Crippen LogP contribution in [0.3, 0.4) is 0 Å². The number of sulfonamides is 1. The molecule has 1 aliphatic rings. The summed E-state index contributed by atoms with van der Waals surface area (Å²) in [6.07, 6.45) is 3.23. The van der Waals surface area contributed by atoms with Gasteiger partial charge in [0.15, 0.2) is 0 Å². The fourth-order valence-electron chi connectivity index (χ4n) is 3.15. The number of unbranched alkanes of at least 4 members (excludes halogenated alkanes) is 1. The molecule has 0 unspecified atom stereocenters. The van der Waals surface area contributed by atoms with Gasteiger partial charge in [-0.05, 0) is 49.1 Å². The quantitative estimate of drug-likeness (QED) is 0.838. The molecule has 0 bridgehead atoms. The van der Waals surface area contributed by atoms with Gasteiger partial charge in [0, 0.05) is 17.8 Å². The maximum Gasteiger partial charge on any atom is 0.258 e. The lowest BCUT2D eigenvalue weighted by Gasteiger charge is -2.30. The zero-order chi connectivity index (χ0) is 18.6. The topological polar surface area (TPSA) is 66.5 Å². The van der Waals surface area contributed by atoms with Gasteiger partial charge in [0.05, 0.1) is 11.4 Å². The molecule has 0 aliphatic carbocycles. The SMILES string of the molecule is CCCCS(=O)(=O)Nc1ccc2c(c1)N(C(=O)c1ccccc1)CCC2. The number of rotatable bonds is 6. The van der Waals surface area contributed by atoms with Crippen LogP contribution in [0.25, 0.3) is 0 Å². The number of carbonyl (C=O) groups is 1. The van der Waals surface area contributed by atoms with Gasteiger partial charge in [0.25, 0.3) is 5.91 Å². The Bertz CT molecular complexity index is 879. The lowest BCUT2D eigenvalue weighted by Crippen LogP contribution is -2.35. The van der Waals surface area contributed by atoms with Crippen LogP contribution in [0.15, 0.2) is 48.5 Å². The maximum atomic E-state index is 12.9. The summed E-state index contributed by atoms with van der Waals surface area (Å²) in [6, 6.07) is 14.6. The summed E-state index contributed by atoms with van der Waals surface area (Å²) in [5.41, 5.74) is 3.00. The molecule has 0 spiro atoms. The molecule has 2 aromatic rings. The summed E-state index contributed by atoms with van der Waals surface area (Å²) >= 11 is 0. The van der Waals surface area contributed by atoms with Crippen molar-refractivity contribution in [3.8, 4) is 0 Å². The van der Waals surface area contributed by atoms with Crippen LogP contribution in [0.2, 0.25) is 0 Å². The van der Waals surface area contributed by atoms with Crippen molar-refractivity contribution in [3.63, 3.8) is 0 Å². The molecule has 2 aromatic carbocycles. The molecule has 6 heteroatoms. The van der Waals surface area contributed by atoms with Gasteiger partial charge in [-0.3, -0.25) is 9.52 Å². The van der Waals surface area contributed by atoms with E-state index < -0.39 is 10.0 Å². The molecule has 1 amide bonds. The second kappa shape index (κ2) is 7.91. The molecule has 3 rings (SSSR count). The molecule has 1 aliphatic heterocycles. The highest BCUT2D eigenvalue weighted by atomic mass is 32.2. The molecule has 0 atom stereocenters. The lowest BCUT2D eigenvalue weighted by atomic mass is 10.00. The van der Waals surface area contributed by atoms with Gasteiger partial charge < -0.3 is 4.90 Å². The standard InChI is InChI=1S/C20H24N2O3S/c1-2-3-14-26(24,25)21-18-12-11-16-10-7-13-22(19(16)15-18)20(23)17-8-5-4-6-9-17/h4-6,8-9,11-12,15,21H,2-3,7,10,13-14H2,1H3. The van der Waals surface area contributed by atoms with Crippen molar-refractivity contribution in [2.75, 3.05) is 21.9 Å². The number of fused-ring (bicyclic) bond motifs is 1. The van der Waals surface area contributed by atoms with Gasteiger partial charge in [-0.1, -0.05) is 37.6 Å². The molecule has 0 saturated carbocycles. The number of anilines is 2. The molecule has 1 N–H and O–H groups in total. The first-order valence-corrected chi connectivity index (χ1v) is 10.7. The second-order valence-corrected chi connectivity index (χ2v) is 8.39. The van der Waals surface area contributed by atoms with Gasteiger partial charge in [-0.25, -0.2) is 8.42 Å². The van der Waals surface area contributed by atoms with Crippen LogP contribution in [0.4, 0.5) is 11.4 Å². The minimum absolute atomic E-state index is 0.0578. The average Bonchev–Trinajstić information content (AvgIpc) is 2.66. The zero-order valence-corrected chi connectivity index (χ0v) is 15.8. The zero-order valence-electron chi connectivity index (χ0n) is 14.9. The largest absolute Gasteiger partial charge is 0.308 e. The van der Waals surface area contributed by atoms with Gasteiger partial charge >= 0.3 is 0 Å². The van der Waals surface area contributed by atoms with E-state index in [2.05, 4.69) is 4.72 Å². The van der Waals surface area contributed by atoms with E-state index in [-0.39, 0.29) is 11.7 Å². The number of nitrogens with one attached hydrogen (secondary N) is 1. The summed E-state index contributed by atoms with van der Waals surface area (Å²) in [5, 5.41) is 0. The predicted molar refractivity (Wildman–Crippen MR) is 105 cm³/mol. The minimum atomic E-state index is -3.37. The van der Waals surface area contributed by atoms with E-state index in [1.807, 2.05) is 31.2 Å². The Labute approximate surface area is 155 Å². The van der Waals surface area contributed by atoms with E-state index in [0.717, 1.165) is 30.5 Å². The van der Waals surface area contributed by atoms with Gasteiger partial charge in [0.1, 0.15) is 0 Å². The summed E-state index contributed by atoms with van der Waals surface area (Å²) in [5.74, 6) is 0.0466. The molecular formula is C20H24N2O3S. The highest BCUT2D eigenvalue weighted by Crippen LogP contribution is 2.31. The Morgan fingerprint density at radius 2 is 1.92 bits per heavy atom. The summed E-state index contributed by atoms with van der Waals surface area (Å²) in [4.78, 5) is 14.6. The molecule has 0 radical (unpaired) electrons. The first kappa shape index (κ1) is 18.5. The molecule has 1 heterocycles. The molecule has 0 aromatic heterocycles. The highest BCUT2D eigenvalue weighted by Gasteiger charge is 2.24. The number of benzene rings is 2. The summed E-state index contributed by atoms with van der Waals surface area (Å²) in [6.45, 7) is 2.59. The van der Waals surface area contributed by atoms with Crippen molar-refractivity contribution in [1.29, 1.82) is 0 Å². The fraction of sp³-hybridized carbons (Fsp3) is 0.350. The van der Waals surface area contributed by atoms with E-state index in [9.17, 15) is 13.2 Å². The van der Waals surface area contributed by atoms with Crippen molar-refractivity contribution < 1.29 is 13.2 Å². The van der Waals surface area contributed by atoms with Crippen molar-refractivity contribution >= 4 is 27.3 Å². The molecule has 5 nitrogen and oxygen atoms in total. The van der Waals surface area contributed by atoms with Crippen LogP contribution < -0.4 is 9.62 Å². The van der Waals surface area contributed by atoms with Crippen molar-refractivity contribution in [3.05, 3.63) is 59.7 Å². The third kappa shape index (κ3) is 4.25. The van der Waals surface area contributed by atoms with Crippen molar-refractivity contribution in [2.45, 2.75) is 32.6 Å². The smallest absolute Gasteiger partial charge is 0.258 e. The molecule has 0 saturated heterocycles. The number of amides is 1.